The van der Waals surface area contributed by atoms with Crippen molar-refractivity contribution in [3.8, 4) is 0 Å². The molecule has 0 aliphatic rings. The summed E-state index contributed by atoms with van der Waals surface area (Å²) in [7, 11) is -3.89. The first-order chi connectivity index (χ1) is 12.3. The number of hydrogen-bond donors (Lipinski definition) is 1. The fraction of sp³-hybridized carbons (Fsp3) is 0.158. The van der Waals surface area contributed by atoms with Crippen molar-refractivity contribution in [1.82, 2.24) is 4.57 Å². The Bertz CT molecular complexity index is 1100. The molecule has 0 saturated carbocycles. The molecule has 0 saturated heterocycles. The topological polar surface area (TPSA) is 99.2 Å². The number of benzene rings is 2. The van der Waals surface area contributed by atoms with Crippen LogP contribution >= 0.6 is 0 Å². The lowest BCUT2D eigenvalue weighted by Gasteiger charge is -2.07. The summed E-state index contributed by atoms with van der Waals surface area (Å²) in [6.07, 6.45) is -0.0994. The van der Waals surface area contributed by atoms with Crippen molar-refractivity contribution in [2.75, 3.05) is 5.75 Å². The van der Waals surface area contributed by atoms with Crippen molar-refractivity contribution in [2.45, 2.75) is 13.3 Å². The molecule has 1 aromatic heterocycles. The quantitative estimate of drug-likeness (QED) is 0.743. The van der Waals surface area contributed by atoms with E-state index in [1.165, 1.54) is 0 Å². The van der Waals surface area contributed by atoms with Gasteiger partial charge in [0.05, 0.1) is 5.52 Å². The third-order valence-electron chi connectivity index (χ3n) is 4.20. The summed E-state index contributed by atoms with van der Waals surface area (Å²) in [6.45, 7) is 1.75. The maximum Gasteiger partial charge on any atom is 0.262 e. The van der Waals surface area contributed by atoms with Gasteiger partial charge in [-0.3, -0.25) is 14.2 Å². The van der Waals surface area contributed by atoms with Crippen LogP contribution in [0.5, 0.6) is 0 Å². The van der Waals surface area contributed by atoms with E-state index in [0.717, 1.165) is 5.39 Å². The molecule has 2 aromatic carbocycles. The maximum atomic E-state index is 13.0. The van der Waals surface area contributed by atoms with Crippen LogP contribution in [0.25, 0.3) is 10.9 Å². The van der Waals surface area contributed by atoms with E-state index in [4.69, 9.17) is 5.14 Å². The largest absolute Gasteiger partial charge is 0.298 e. The second-order valence-corrected chi connectivity index (χ2v) is 7.72. The number of hydrogen-bond acceptors (Lipinski definition) is 4. The molecule has 3 aromatic rings. The van der Waals surface area contributed by atoms with Crippen molar-refractivity contribution in [1.29, 1.82) is 0 Å². The highest BCUT2D eigenvalue weighted by molar-refractivity contribution is 7.89. The van der Waals surface area contributed by atoms with Gasteiger partial charge in [-0.2, -0.15) is 0 Å². The van der Waals surface area contributed by atoms with Crippen molar-refractivity contribution in [3.63, 3.8) is 0 Å². The molecule has 0 unspecified atom stereocenters. The lowest BCUT2D eigenvalue weighted by atomic mass is 10.1. The number of aromatic nitrogens is 1. The van der Waals surface area contributed by atoms with Crippen LogP contribution in [-0.2, 0) is 21.2 Å². The molecule has 1 heterocycles. The number of fused-ring (bicyclic) bond motifs is 1. The normalized spacial score (nSPS) is 11.6. The maximum absolute atomic E-state index is 13.0. The number of carbonyl (C=O) groups is 2. The first-order valence-corrected chi connectivity index (χ1v) is 9.70. The summed E-state index contributed by atoms with van der Waals surface area (Å²) in [6, 6.07) is 16.1. The molecule has 0 atom stereocenters. The van der Waals surface area contributed by atoms with Crippen molar-refractivity contribution in [2.24, 2.45) is 5.14 Å². The van der Waals surface area contributed by atoms with E-state index < -0.39 is 21.6 Å². The lowest BCUT2D eigenvalue weighted by molar-refractivity contribution is -0.116. The highest BCUT2D eigenvalue weighted by Gasteiger charge is 2.22. The monoisotopic (exact) mass is 370 g/mol. The number of carbonyl (C=O) groups excluding carboxylic acids is 2. The highest BCUT2D eigenvalue weighted by atomic mass is 32.2. The zero-order valence-corrected chi connectivity index (χ0v) is 15.0. The minimum atomic E-state index is -3.89. The molecule has 6 nitrogen and oxygen atoms in total. The highest BCUT2D eigenvalue weighted by Crippen LogP contribution is 2.27. The number of nitrogens with zero attached hydrogens (tertiary/aromatic N) is 1. The molecular formula is C19H18N2O4S. The molecule has 0 bridgehead atoms. The van der Waals surface area contributed by atoms with Gasteiger partial charge < -0.3 is 0 Å². The molecule has 26 heavy (non-hydrogen) atoms. The van der Waals surface area contributed by atoms with Crippen LogP contribution in [-0.4, -0.2) is 30.4 Å². The molecule has 0 spiro atoms. The lowest BCUT2D eigenvalue weighted by Crippen LogP contribution is -2.24. The van der Waals surface area contributed by atoms with Crippen LogP contribution in [0.15, 0.2) is 54.6 Å². The van der Waals surface area contributed by atoms with E-state index in [1.54, 1.807) is 41.8 Å². The van der Waals surface area contributed by atoms with Gasteiger partial charge in [0, 0.05) is 23.1 Å². The van der Waals surface area contributed by atoms with Crippen LogP contribution in [0.3, 0.4) is 0 Å². The van der Waals surface area contributed by atoms with Crippen LogP contribution in [0.1, 0.15) is 21.6 Å². The number of rotatable bonds is 5. The zero-order chi connectivity index (χ0) is 18.9. The second kappa shape index (κ2) is 6.86. The van der Waals surface area contributed by atoms with E-state index >= 15 is 0 Å². The number of para-hydroxylation sites is 1. The average Bonchev–Trinajstić information content (AvgIpc) is 2.86. The Morgan fingerprint density at radius 1 is 1.00 bits per heavy atom. The minimum absolute atomic E-state index is 0.0994. The number of nitrogens with two attached hydrogens (primary N) is 1. The molecule has 3 rings (SSSR count). The van der Waals surface area contributed by atoms with E-state index in [1.807, 2.05) is 24.3 Å². The Kier molecular flexibility index (Phi) is 4.76. The standard InChI is InChI=1S/C19H18N2O4S/c1-13-17(11-15(22)12-26(20,24)25)16-9-5-6-10-18(16)21(13)19(23)14-7-3-2-4-8-14/h2-10H,11-12H2,1H3,(H2,20,24,25). The van der Waals surface area contributed by atoms with Gasteiger partial charge in [0.25, 0.3) is 5.91 Å². The third-order valence-corrected chi connectivity index (χ3v) is 4.93. The summed E-state index contributed by atoms with van der Waals surface area (Å²) >= 11 is 0. The molecule has 0 aliphatic carbocycles. The first kappa shape index (κ1) is 18.0. The average molecular weight is 370 g/mol. The summed E-state index contributed by atoms with van der Waals surface area (Å²) in [5, 5.41) is 5.71. The summed E-state index contributed by atoms with van der Waals surface area (Å²) in [5.41, 5.74) is 2.46. The van der Waals surface area contributed by atoms with Crippen LogP contribution in [0, 0.1) is 6.92 Å². The third kappa shape index (κ3) is 3.58. The zero-order valence-electron chi connectivity index (χ0n) is 14.2. The van der Waals surface area contributed by atoms with E-state index in [0.29, 0.717) is 22.3 Å². The predicted octanol–water partition coefficient (Wildman–Crippen LogP) is 2.04. The van der Waals surface area contributed by atoms with Gasteiger partial charge in [-0.15, -0.1) is 0 Å². The number of sulfonamides is 1. The van der Waals surface area contributed by atoms with Gasteiger partial charge in [-0.25, -0.2) is 13.6 Å². The molecule has 0 aliphatic heterocycles. The predicted molar refractivity (Wildman–Crippen MR) is 99.5 cm³/mol. The number of ketones is 1. The number of primary sulfonamides is 1. The van der Waals surface area contributed by atoms with Crippen LogP contribution in [0.4, 0.5) is 0 Å². The number of Topliss-reactive ketones (excluding diaryl/α,β-unsaturated/α-hetero) is 1. The van der Waals surface area contributed by atoms with Crippen molar-refractivity contribution < 1.29 is 18.0 Å². The van der Waals surface area contributed by atoms with Gasteiger partial charge in [-0.05, 0) is 30.7 Å². The Balaban J connectivity index is 2.10. The van der Waals surface area contributed by atoms with Gasteiger partial charge in [0.2, 0.25) is 10.0 Å². The molecule has 134 valence electrons. The van der Waals surface area contributed by atoms with Gasteiger partial charge in [0.1, 0.15) is 5.75 Å². The molecular weight excluding hydrogens is 352 g/mol. The Labute approximate surface area is 151 Å². The summed E-state index contributed by atoms with van der Waals surface area (Å²) in [5.74, 6) is -1.44. The van der Waals surface area contributed by atoms with Gasteiger partial charge in [0.15, 0.2) is 5.78 Å². The SMILES string of the molecule is Cc1c(CC(=O)CS(N)(=O)=O)c2ccccc2n1C(=O)c1ccccc1. The van der Waals surface area contributed by atoms with Crippen molar-refractivity contribution in [3.05, 3.63) is 71.4 Å². The van der Waals surface area contributed by atoms with E-state index in [2.05, 4.69) is 0 Å². The smallest absolute Gasteiger partial charge is 0.262 e. The van der Waals surface area contributed by atoms with Crippen LogP contribution < -0.4 is 5.14 Å². The van der Waals surface area contributed by atoms with Crippen LogP contribution in [0.2, 0.25) is 0 Å². The van der Waals surface area contributed by atoms with E-state index in [9.17, 15) is 18.0 Å². The Hall–Kier alpha value is -2.77. The Morgan fingerprint density at radius 2 is 1.62 bits per heavy atom. The summed E-state index contributed by atoms with van der Waals surface area (Å²) < 4.78 is 23.9. The second-order valence-electron chi connectivity index (χ2n) is 6.11. The molecule has 7 heteroatoms. The van der Waals surface area contributed by atoms with E-state index in [-0.39, 0.29) is 12.3 Å². The fourth-order valence-corrected chi connectivity index (χ4v) is 3.65. The minimum Gasteiger partial charge on any atom is -0.298 e. The summed E-state index contributed by atoms with van der Waals surface area (Å²) in [4.78, 5) is 25.1. The van der Waals surface area contributed by atoms with Crippen molar-refractivity contribution >= 4 is 32.6 Å². The molecule has 0 radical (unpaired) electrons. The fourth-order valence-electron chi connectivity index (χ4n) is 3.10. The molecule has 0 fully saturated rings. The Morgan fingerprint density at radius 3 is 2.27 bits per heavy atom. The van der Waals surface area contributed by atoms with Gasteiger partial charge >= 0.3 is 0 Å². The first-order valence-electron chi connectivity index (χ1n) is 7.99. The van der Waals surface area contributed by atoms with Gasteiger partial charge in [-0.1, -0.05) is 36.4 Å². The molecule has 2 N–H and O–H groups in total. The molecule has 0 amide bonds.